The van der Waals surface area contributed by atoms with Crippen LogP contribution in [0.3, 0.4) is 0 Å². The fourth-order valence-electron chi connectivity index (χ4n) is 2.36. The van der Waals surface area contributed by atoms with E-state index < -0.39 is 0 Å². The Bertz CT molecular complexity index is 697. The van der Waals surface area contributed by atoms with Gasteiger partial charge in [0.15, 0.2) is 0 Å². The smallest absolute Gasteiger partial charge is 0.253 e. The number of ether oxygens (including phenoxy) is 1. The first-order valence-corrected chi connectivity index (χ1v) is 8.92. The number of amides is 1. The second-order valence-electron chi connectivity index (χ2n) is 5.86. The minimum absolute atomic E-state index is 0.0214. The maximum atomic E-state index is 12.1. The first-order valence-electron chi connectivity index (χ1n) is 8.04. The normalized spacial score (nSPS) is 12.0. The molecule has 1 heterocycles. The van der Waals surface area contributed by atoms with Crippen LogP contribution in [-0.2, 0) is 11.3 Å². The number of nitrogens with zero attached hydrogens (tertiary/aromatic N) is 2. The maximum absolute atomic E-state index is 12.1. The van der Waals surface area contributed by atoms with Crippen molar-refractivity contribution in [3.63, 3.8) is 0 Å². The highest BCUT2D eigenvalue weighted by Crippen LogP contribution is 2.22. The van der Waals surface area contributed by atoms with E-state index in [-0.39, 0.29) is 12.0 Å². The Morgan fingerprint density at radius 1 is 1.42 bits per heavy atom. The van der Waals surface area contributed by atoms with Crippen molar-refractivity contribution in [2.75, 3.05) is 26.0 Å². The first-order chi connectivity index (χ1) is 11.4. The van der Waals surface area contributed by atoms with E-state index in [1.807, 2.05) is 39.0 Å². The van der Waals surface area contributed by atoms with Crippen molar-refractivity contribution in [1.82, 2.24) is 9.88 Å². The highest BCUT2D eigenvalue weighted by Gasteiger charge is 2.12. The van der Waals surface area contributed by atoms with Crippen molar-refractivity contribution in [3.8, 4) is 0 Å². The lowest BCUT2D eigenvalue weighted by atomic mass is 10.1. The molecule has 5 nitrogen and oxygen atoms in total. The van der Waals surface area contributed by atoms with E-state index in [2.05, 4.69) is 15.7 Å². The Morgan fingerprint density at radius 3 is 2.79 bits per heavy atom. The van der Waals surface area contributed by atoms with Gasteiger partial charge in [-0.2, -0.15) is 0 Å². The molecule has 1 aromatic carbocycles. The zero-order valence-electron chi connectivity index (χ0n) is 14.9. The number of hydrogen-bond donors (Lipinski definition) is 1. The maximum Gasteiger partial charge on any atom is 0.253 e. The quantitative estimate of drug-likeness (QED) is 0.826. The molecule has 24 heavy (non-hydrogen) atoms. The van der Waals surface area contributed by atoms with Gasteiger partial charge in [-0.05, 0) is 44.5 Å². The van der Waals surface area contributed by atoms with Crippen molar-refractivity contribution < 1.29 is 9.53 Å². The van der Waals surface area contributed by atoms with E-state index in [0.29, 0.717) is 13.2 Å². The largest absolute Gasteiger partial charge is 0.379 e. The molecule has 0 aliphatic carbocycles. The zero-order chi connectivity index (χ0) is 17.7. The highest BCUT2D eigenvalue weighted by atomic mass is 32.1. The van der Waals surface area contributed by atoms with E-state index in [4.69, 9.17) is 4.74 Å². The van der Waals surface area contributed by atoms with Gasteiger partial charge >= 0.3 is 0 Å². The summed E-state index contributed by atoms with van der Waals surface area (Å²) in [7, 11) is 3.52. The van der Waals surface area contributed by atoms with E-state index in [1.165, 1.54) is 0 Å². The molecular formula is C18H25N3O2S. The number of thiazole rings is 1. The Balaban J connectivity index is 2.00. The Kier molecular flexibility index (Phi) is 6.34. The Hall–Kier alpha value is -1.92. The van der Waals surface area contributed by atoms with E-state index in [0.717, 1.165) is 27.5 Å². The molecule has 2 aromatic rings. The molecule has 0 saturated carbocycles. The van der Waals surface area contributed by atoms with Crippen LogP contribution in [-0.4, -0.2) is 36.5 Å². The molecule has 0 bridgehead atoms. The van der Waals surface area contributed by atoms with Crippen LogP contribution < -0.4 is 5.32 Å². The van der Waals surface area contributed by atoms with E-state index >= 15 is 0 Å². The first kappa shape index (κ1) is 18.4. The van der Waals surface area contributed by atoms with Gasteiger partial charge in [0.25, 0.3) is 5.91 Å². The zero-order valence-corrected chi connectivity index (χ0v) is 15.7. The average Bonchev–Trinajstić information content (AvgIpc) is 3.01. The summed E-state index contributed by atoms with van der Waals surface area (Å²) >= 11 is 1.62. The number of hydrogen-bond acceptors (Lipinski definition) is 5. The van der Waals surface area contributed by atoms with Crippen molar-refractivity contribution in [2.45, 2.75) is 33.4 Å². The Labute approximate surface area is 147 Å². The van der Waals surface area contributed by atoms with Crippen molar-refractivity contribution in [2.24, 2.45) is 0 Å². The SMILES string of the molecule is CCOC(C)c1nc(CNc2ccc(C(=O)N(C)C)c(C)c2)cs1. The van der Waals surface area contributed by atoms with Gasteiger partial charge in [-0.3, -0.25) is 4.79 Å². The number of benzene rings is 1. The van der Waals surface area contributed by atoms with Gasteiger partial charge in [0.1, 0.15) is 11.1 Å². The molecule has 6 heteroatoms. The standard InChI is InChI=1S/C18H25N3O2S/c1-6-23-13(3)17-20-15(11-24-17)10-19-14-7-8-16(12(2)9-14)18(22)21(4)5/h7-9,11,13,19H,6,10H2,1-5H3. The molecule has 0 aliphatic heterocycles. The van der Waals surface area contributed by atoms with Crippen LogP contribution in [0.25, 0.3) is 0 Å². The topological polar surface area (TPSA) is 54.5 Å². The van der Waals surface area contributed by atoms with Gasteiger partial charge in [-0.15, -0.1) is 11.3 Å². The molecule has 0 aliphatic rings. The lowest BCUT2D eigenvalue weighted by molar-refractivity contribution is 0.0761. The number of anilines is 1. The van der Waals surface area contributed by atoms with Crippen molar-refractivity contribution in [3.05, 3.63) is 45.4 Å². The number of carbonyl (C=O) groups is 1. The summed E-state index contributed by atoms with van der Waals surface area (Å²) in [5.74, 6) is 0.0214. The fourth-order valence-corrected chi connectivity index (χ4v) is 3.18. The molecule has 0 fully saturated rings. The second kappa shape index (κ2) is 8.26. The van der Waals surface area contributed by atoms with E-state index in [9.17, 15) is 4.79 Å². The van der Waals surface area contributed by atoms with Crippen LogP contribution >= 0.6 is 11.3 Å². The third kappa shape index (κ3) is 4.55. The molecule has 1 aromatic heterocycles. The molecule has 0 radical (unpaired) electrons. The number of aromatic nitrogens is 1. The van der Waals surface area contributed by atoms with Crippen LogP contribution in [0.5, 0.6) is 0 Å². The number of nitrogens with one attached hydrogen (secondary N) is 1. The lowest BCUT2D eigenvalue weighted by Crippen LogP contribution is -2.22. The molecule has 1 amide bonds. The van der Waals surface area contributed by atoms with Crippen LogP contribution in [0, 0.1) is 6.92 Å². The van der Waals surface area contributed by atoms with Crippen LogP contribution in [0.15, 0.2) is 23.6 Å². The highest BCUT2D eigenvalue weighted by molar-refractivity contribution is 7.09. The van der Waals surface area contributed by atoms with Crippen LogP contribution in [0.2, 0.25) is 0 Å². The molecule has 1 unspecified atom stereocenters. The van der Waals surface area contributed by atoms with Gasteiger partial charge in [0.2, 0.25) is 0 Å². The summed E-state index contributed by atoms with van der Waals surface area (Å²) in [4.78, 5) is 18.3. The number of aryl methyl sites for hydroxylation is 1. The summed E-state index contributed by atoms with van der Waals surface area (Å²) in [6.07, 6.45) is 0.0346. The molecule has 2 rings (SSSR count). The minimum atomic E-state index is 0.0214. The predicted molar refractivity (Wildman–Crippen MR) is 98.7 cm³/mol. The van der Waals surface area contributed by atoms with Crippen LogP contribution in [0.1, 0.15) is 46.6 Å². The second-order valence-corrected chi connectivity index (χ2v) is 6.75. The van der Waals surface area contributed by atoms with Gasteiger partial charge in [-0.25, -0.2) is 4.98 Å². The van der Waals surface area contributed by atoms with Crippen molar-refractivity contribution >= 4 is 22.9 Å². The number of rotatable bonds is 7. The molecule has 0 spiro atoms. The summed E-state index contributed by atoms with van der Waals surface area (Å²) in [5, 5.41) is 6.41. The van der Waals surface area contributed by atoms with Gasteiger partial charge in [0.05, 0.1) is 12.2 Å². The fraction of sp³-hybridized carbons (Fsp3) is 0.444. The van der Waals surface area contributed by atoms with Gasteiger partial charge < -0.3 is 15.0 Å². The number of carbonyl (C=O) groups excluding carboxylic acids is 1. The van der Waals surface area contributed by atoms with Gasteiger partial charge in [-0.1, -0.05) is 0 Å². The summed E-state index contributed by atoms with van der Waals surface area (Å²) in [6, 6.07) is 5.79. The third-order valence-corrected chi connectivity index (χ3v) is 4.73. The van der Waals surface area contributed by atoms with Gasteiger partial charge in [0, 0.05) is 37.3 Å². The third-order valence-electron chi connectivity index (χ3n) is 3.67. The molecule has 1 atom stereocenters. The Morgan fingerprint density at radius 2 is 2.17 bits per heavy atom. The predicted octanol–water partition coefficient (Wildman–Crippen LogP) is 3.86. The molecular weight excluding hydrogens is 322 g/mol. The average molecular weight is 347 g/mol. The monoisotopic (exact) mass is 347 g/mol. The summed E-state index contributed by atoms with van der Waals surface area (Å²) in [6.45, 7) is 7.29. The molecule has 0 saturated heterocycles. The molecule has 1 N–H and O–H groups in total. The van der Waals surface area contributed by atoms with Crippen LogP contribution in [0.4, 0.5) is 5.69 Å². The minimum Gasteiger partial charge on any atom is -0.379 e. The van der Waals surface area contributed by atoms with Crippen molar-refractivity contribution in [1.29, 1.82) is 0 Å². The summed E-state index contributed by atoms with van der Waals surface area (Å²) < 4.78 is 5.57. The summed E-state index contributed by atoms with van der Waals surface area (Å²) in [5.41, 5.74) is 3.66. The molecule has 130 valence electrons. The van der Waals surface area contributed by atoms with E-state index in [1.54, 1.807) is 30.3 Å². The lowest BCUT2D eigenvalue weighted by Gasteiger charge is -2.14.